The Hall–Kier alpha value is -0.830. The van der Waals surface area contributed by atoms with Crippen LogP contribution in [0.5, 0.6) is 0 Å². The van der Waals surface area contributed by atoms with Crippen molar-refractivity contribution in [2.24, 2.45) is 5.41 Å². The van der Waals surface area contributed by atoms with Crippen molar-refractivity contribution in [2.75, 3.05) is 13.1 Å². The Balaban J connectivity index is 1.94. The van der Waals surface area contributed by atoms with E-state index in [1.54, 1.807) is 0 Å². The van der Waals surface area contributed by atoms with Gasteiger partial charge in [0.2, 0.25) is 5.91 Å². The molecule has 0 atom stereocenters. The summed E-state index contributed by atoms with van der Waals surface area (Å²) >= 11 is 0. The van der Waals surface area contributed by atoms with E-state index in [1.807, 2.05) is 0 Å². The minimum absolute atomic E-state index is 0.103. The number of piperidine rings is 1. The fourth-order valence-corrected chi connectivity index (χ4v) is 2.72. The molecule has 0 radical (unpaired) electrons. The molecule has 0 aromatic rings. The zero-order chi connectivity index (χ0) is 11.4. The van der Waals surface area contributed by atoms with E-state index in [2.05, 4.69) is 29.7 Å². The zero-order valence-electron chi connectivity index (χ0n) is 10.1. The molecule has 0 aromatic carbocycles. The normalized spacial score (nSPS) is 24.6. The van der Waals surface area contributed by atoms with Crippen molar-refractivity contribution in [2.45, 2.75) is 45.1 Å². The van der Waals surface area contributed by atoms with Gasteiger partial charge in [0.25, 0.3) is 0 Å². The molecule has 0 bridgehead atoms. The summed E-state index contributed by atoms with van der Waals surface area (Å²) in [6, 6.07) is 0.353. The van der Waals surface area contributed by atoms with Crippen LogP contribution < -0.4 is 10.6 Å². The Bertz CT molecular complexity index is 272. The summed E-state index contributed by atoms with van der Waals surface area (Å²) in [5.41, 5.74) is -0.103. The van der Waals surface area contributed by atoms with Gasteiger partial charge in [0.1, 0.15) is 0 Å². The van der Waals surface area contributed by atoms with Gasteiger partial charge in [0.05, 0.1) is 5.41 Å². The van der Waals surface area contributed by atoms with E-state index in [1.165, 1.54) is 0 Å². The second kappa shape index (κ2) is 5.00. The van der Waals surface area contributed by atoms with Crippen molar-refractivity contribution in [1.29, 1.82) is 0 Å². The zero-order valence-corrected chi connectivity index (χ0v) is 10.1. The fourth-order valence-electron chi connectivity index (χ4n) is 2.72. The minimum atomic E-state index is -0.103. The SMILES string of the molecule is CCC1(C(=O)NC2CC=CC2)CCNCC1. The van der Waals surface area contributed by atoms with Gasteiger partial charge in [-0.05, 0) is 45.2 Å². The van der Waals surface area contributed by atoms with Gasteiger partial charge in [-0.2, -0.15) is 0 Å². The van der Waals surface area contributed by atoms with E-state index in [9.17, 15) is 4.79 Å². The molecule has 90 valence electrons. The molecule has 2 rings (SSSR count). The monoisotopic (exact) mass is 222 g/mol. The predicted octanol–water partition coefficient (Wildman–Crippen LogP) is 1.60. The molecule has 0 aromatic heterocycles. The van der Waals surface area contributed by atoms with Crippen LogP contribution in [0.3, 0.4) is 0 Å². The van der Waals surface area contributed by atoms with Gasteiger partial charge < -0.3 is 10.6 Å². The van der Waals surface area contributed by atoms with E-state index < -0.39 is 0 Å². The topological polar surface area (TPSA) is 41.1 Å². The molecule has 3 nitrogen and oxygen atoms in total. The second-order valence-electron chi connectivity index (χ2n) is 5.00. The van der Waals surface area contributed by atoms with Crippen molar-refractivity contribution in [3.05, 3.63) is 12.2 Å². The number of hydrogen-bond acceptors (Lipinski definition) is 2. The van der Waals surface area contributed by atoms with Crippen molar-refractivity contribution in [3.63, 3.8) is 0 Å². The third-order valence-corrected chi connectivity index (χ3v) is 4.06. The molecule has 1 fully saturated rings. The van der Waals surface area contributed by atoms with Gasteiger partial charge >= 0.3 is 0 Å². The van der Waals surface area contributed by atoms with E-state index in [4.69, 9.17) is 0 Å². The maximum Gasteiger partial charge on any atom is 0.226 e. The number of carbonyl (C=O) groups is 1. The van der Waals surface area contributed by atoms with Crippen LogP contribution >= 0.6 is 0 Å². The molecule has 0 saturated carbocycles. The van der Waals surface area contributed by atoms with Crippen LogP contribution in [0.2, 0.25) is 0 Å². The Morgan fingerprint density at radius 1 is 1.38 bits per heavy atom. The minimum Gasteiger partial charge on any atom is -0.352 e. The first-order chi connectivity index (χ1) is 7.77. The van der Waals surface area contributed by atoms with Gasteiger partial charge in [-0.15, -0.1) is 0 Å². The lowest BCUT2D eigenvalue weighted by Crippen LogP contribution is -2.49. The van der Waals surface area contributed by atoms with E-state index >= 15 is 0 Å². The van der Waals surface area contributed by atoms with Crippen molar-refractivity contribution >= 4 is 5.91 Å². The molecule has 0 unspecified atom stereocenters. The molecular formula is C13H22N2O. The Labute approximate surface area is 97.7 Å². The van der Waals surface area contributed by atoms with Gasteiger partial charge in [-0.25, -0.2) is 0 Å². The highest BCUT2D eigenvalue weighted by molar-refractivity contribution is 5.83. The molecule has 1 saturated heterocycles. The summed E-state index contributed by atoms with van der Waals surface area (Å²) < 4.78 is 0. The molecule has 3 heteroatoms. The molecule has 1 heterocycles. The smallest absolute Gasteiger partial charge is 0.226 e. The van der Waals surface area contributed by atoms with Crippen molar-refractivity contribution in [1.82, 2.24) is 10.6 Å². The van der Waals surface area contributed by atoms with Crippen LogP contribution in [0.1, 0.15) is 39.0 Å². The molecular weight excluding hydrogens is 200 g/mol. The number of nitrogens with one attached hydrogen (secondary N) is 2. The second-order valence-corrected chi connectivity index (χ2v) is 5.00. The third kappa shape index (κ3) is 2.29. The summed E-state index contributed by atoms with van der Waals surface area (Å²) in [7, 11) is 0. The Morgan fingerprint density at radius 3 is 2.56 bits per heavy atom. The Kier molecular flexibility index (Phi) is 3.64. The molecule has 1 aliphatic carbocycles. The quantitative estimate of drug-likeness (QED) is 0.712. The summed E-state index contributed by atoms with van der Waals surface area (Å²) in [5, 5.41) is 6.54. The lowest BCUT2D eigenvalue weighted by atomic mass is 9.75. The number of rotatable bonds is 3. The van der Waals surface area contributed by atoms with Crippen LogP contribution in [0.15, 0.2) is 12.2 Å². The maximum atomic E-state index is 12.3. The van der Waals surface area contributed by atoms with Crippen LogP contribution in [-0.4, -0.2) is 25.0 Å². The number of amides is 1. The van der Waals surface area contributed by atoms with Crippen molar-refractivity contribution in [3.8, 4) is 0 Å². The van der Waals surface area contributed by atoms with Crippen LogP contribution in [0.4, 0.5) is 0 Å². The first-order valence-corrected chi connectivity index (χ1v) is 6.43. The lowest BCUT2D eigenvalue weighted by Gasteiger charge is -2.36. The van der Waals surface area contributed by atoms with E-state index in [0.29, 0.717) is 6.04 Å². The molecule has 1 amide bonds. The number of carbonyl (C=O) groups excluding carboxylic acids is 1. The average Bonchev–Trinajstić information content (AvgIpc) is 2.82. The standard InChI is InChI=1S/C13H22N2O/c1-2-13(7-9-14-10-8-13)12(16)15-11-5-3-4-6-11/h3-4,11,14H,2,5-10H2,1H3,(H,15,16). The highest BCUT2D eigenvalue weighted by atomic mass is 16.2. The Morgan fingerprint density at radius 2 is 2.00 bits per heavy atom. The maximum absolute atomic E-state index is 12.3. The van der Waals surface area contributed by atoms with Crippen molar-refractivity contribution < 1.29 is 4.79 Å². The summed E-state index contributed by atoms with van der Waals surface area (Å²) in [5.74, 6) is 0.283. The number of hydrogen-bond donors (Lipinski definition) is 2. The molecule has 2 aliphatic rings. The van der Waals surface area contributed by atoms with Gasteiger partial charge in [-0.1, -0.05) is 19.1 Å². The highest BCUT2D eigenvalue weighted by Gasteiger charge is 2.38. The lowest BCUT2D eigenvalue weighted by molar-refractivity contribution is -0.133. The third-order valence-electron chi connectivity index (χ3n) is 4.06. The largest absolute Gasteiger partial charge is 0.352 e. The fraction of sp³-hybridized carbons (Fsp3) is 0.769. The van der Waals surface area contributed by atoms with Crippen LogP contribution in [-0.2, 0) is 4.79 Å². The first kappa shape index (κ1) is 11.6. The summed E-state index contributed by atoms with van der Waals surface area (Å²) in [6.45, 7) is 4.09. The highest BCUT2D eigenvalue weighted by Crippen LogP contribution is 2.33. The average molecular weight is 222 g/mol. The molecule has 0 spiro atoms. The molecule has 2 N–H and O–H groups in total. The first-order valence-electron chi connectivity index (χ1n) is 6.43. The van der Waals surface area contributed by atoms with Gasteiger partial charge in [-0.3, -0.25) is 4.79 Å². The molecule has 1 aliphatic heterocycles. The van der Waals surface area contributed by atoms with Crippen LogP contribution in [0, 0.1) is 5.41 Å². The van der Waals surface area contributed by atoms with E-state index in [-0.39, 0.29) is 11.3 Å². The van der Waals surface area contributed by atoms with Gasteiger partial charge in [0, 0.05) is 6.04 Å². The van der Waals surface area contributed by atoms with Crippen LogP contribution in [0.25, 0.3) is 0 Å². The molecule has 16 heavy (non-hydrogen) atoms. The van der Waals surface area contributed by atoms with E-state index in [0.717, 1.165) is 45.2 Å². The van der Waals surface area contributed by atoms with Gasteiger partial charge in [0.15, 0.2) is 0 Å². The summed E-state index contributed by atoms with van der Waals surface area (Å²) in [6.07, 6.45) is 9.25. The predicted molar refractivity (Wildman–Crippen MR) is 65.1 cm³/mol. The summed E-state index contributed by atoms with van der Waals surface area (Å²) in [4.78, 5) is 12.3.